The number of nitrogens with one attached hydrogen (secondary N) is 1. The van der Waals surface area contributed by atoms with E-state index in [1.807, 2.05) is 12.1 Å². The van der Waals surface area contributed by atoms with Gasteiger partial charge in [-0.3, -0.25) is 4.79 Å². The molecule has 0 bridgehead atoms. The molecule has 28 heavy (non-hydrogen) atoms. The summed E-state index contributed by atoms with van der Waals surface area (Å²) in [6, 6.07) is 16.3. The monoisotopic (exact) mass is 375 g/mol. The molecule has 142 valence electrons. The fourth-order valence-corrected chi connectivity index (χ4v) is 3.14. The highest BCUT2D eigenvalue weighted by atomic mass is 16.5. The van der Waals surface area contributed by atoms with Gasteiger partial charge in [-0.05, 0) is 80.3 Å². The van der Waals surface area contributed by atoms with Crippen LogP contribution in [0.4, 0.5) is 5.69 Å². The van der Waals surface area contributed by atoms with Crippen LogP contribution in [0.2, 0.25) is 0 Å². The van der Waals surface area contributed by atoms with E-state index in [9.17, 15) is 4.79 Å². The molecule has 1 aliphatic carbocycles. The number of benzene rings is 2. The van der Waals surface area contributed by atoms with Crippen LogP contribution in [0.15, 0.2) is 67.0 Å². The fourth-order valence-electron chi connectivity index (χ4n) is 3.14. The van der Waals surface area contributed by atoms with E-state index in [2.05, 4.69) is 15.3 Å². The zero-order valence-corrected chi connectivity index (χ0v) is 15.4. The van der Waals surface area contributed by atoms with Crippen molar-refractivity contribution < 1.29 is 14.3 Å². The Labute approximate surface area is 163 Å². The number of hydrogen-bond donors (Lipinski definition) is 1. The number of ether oxygens (including phenoxy) is 2. The SMILES string of the molecule is O=C(Nc1ccc(Oc2ncccn2)cc1)c1ccc(OC2CCCC2)cc1. The van der Waals surface area contributed by atoms with Crippen LogP contribution < -0.4 is 14.8 Å². The third kappa shape index (κ3) is 4.65. The van der Waals surface area contributed by atoms with Crippen molar-refractivity contribution in [3.8, 4) is 17.5 Å². The van der Waals surface area contributed by atoms with Gasteiger partial charge in [0, 0.05) is 23.6 Å². The van der Waals surface area contributed by atoms with E-state index < -0.39 is 0 Å². The number of aromatic nitrogens is 2. The fraction of sp³-hybridized carbons (Fsp3) is 0.227. The Kier molecular flexibility index (Phi) is 5.47. The highest BCUT2D eigenvalue weighted by Gasteiger charge is 2.16. The van der Waals surface area contributed by atoms with Gasteiger partial charge in [0.1, 0.15) is 11.5 Å². The van der Waals surface area contributed by atoms with Crippen molar-refractivity contribution in [1.29, 1.82) is 0 Å². The molecule has 1 amide bonds. The van der Waals surface area contributed by atoms with Crippen LogP contribution in [-0.2, 0) is 0 Å². The molecule has 0 aliphatic heterocycles. The molecule has 1 fully saturated rings. The van der Waals surface area contributed by atoms with Crippen molar-refractivity contribution in [3.05, 3.63) is 72.6 Å². The summed E-state index contributed by atoms with van der Waals surface area (Å²) in [7, 11) is 0. The highest BCUT2D eigenvalue weighted by molar-refractivity contribution is 6.04. The number of amides is 1. The smallest absolute Gasteiger partial charge is 0.321 e. The summed E-state index contributed by atoms with van der Waals surface area (Å²) in [6.07, 6.45) is 8.21. The predicted octanol–water partition coefficient (Wildman–Crippen LogP) is 4.84. The summed E-state index contributed by atoms with van der Waals surface area (Å²) >= 11 is 0. The van der Waals surface area contributed by atoms with Crippen molar-refractivity contribution in [2.45, 2.75) is 31.8 Å². The molecule has 1 aromatic heterocycles. The minimum absolute atomic E-state index is 0.174. The second-order valence-electron chi connectivity index (χ2n) is 6.66. The van der Waals surface area contributed by atoms with E-state index in [0.29, 0.717) is 23.1 Å². The Bertz CT molecular complexity index is 906. The summed E-state index contributed by atoms with van der Waals surface area (Å²) in [5, 5.41) is 2.88. The Morgan fingerprint density at radius 2 is 1.54 bits per heavy atom. The first-order valence-corrected chi connectivity index (χ1v) is 9.39. The van der Waals surface area contributed by atoms with Crippen LogP contribution in [0.3, 0.4) is 0 Å². The lowest BCUT2D eigenvalue weighted by molar-refractivity contribution is 0.102. The number of nitrogens with zero attached hydrogens (tertiary/aromatic N) is 2. The summed E-state index contributed by atoms with van der Waals surface area (Å²) in [6.45, 7) is 0. The third-order valence-electron chi connectivity index (χ3n) is 4.58. The van der Waals surface area contributed by atoms with Crippen LogP contribution in [0.25, 0.3) is 0 Å². The zero-order chi connectivity index (χ0) is 19.2. The van der Waals surface area contributed by atoms with Crippen molar-refractivity contribution in [1.82, 2.24) is 9.97 Å². The van der Waals surface area contributed by atoms with Crippen LogP contribution in [0.5, 0.6) is 17.5 Å². The van der Waals surface area contributed by atoms with Crippen LogP contribution in [0.1, 0.15) is 36.0 Å². The van der Waals surface area contributed by atoms with E-state index in [1.54, 1.807) is 54.9 Å². The van der Waals surface area contributed by atoms with Crippen molar-refractivity contribution in [2.24, 2.45) is 0 Å². The Morgan fingerprint density at radius 1 is 0.893 bits per heavy atom. The third-order valence-corrected chi connectivity index (χ3v) is 4.58. The molecule has 2 aromatic carbocycles. The molecule has 1 heterocycles. The van der Waals surface area contributed by atoms with Gasteiger partial charge in [-0.15, -0.1) is 0 Å². The quantitative estimate of drug-likeness (QED) is 0.667. The normalized spacial score (nSPS) is 13.9. The summed E-state index contributed by atoms with van der Waals surface area (Å²) in [5.74, 6) is 1.23. The van der Waals surface area contributed by atoms with E-state index >= 15 is 0 Å². The maximum Gasteiger partial charge on any atom is 0.321 e. The van der Waals surface area contributed by atoms with E-state index in [-0.39, 0.29) is 11.9 Å². The average Bonchev–Trinajstić information content (AvgIpc) is 3.24. The topological polar surface area (TPSA) is 73.3 Å². The first kappa shape index (κ1) is 18.0. The maximum absolute atomic E-state index is 12.4. The molecule has 3 aromatic rings. The van der Waals surface area contributed by atoms with Crippen molar-refractivity contribution >= 4 is 11.6 Å². The second-order valence-corrected chi connectivity index (χ2v) is 6.66. The largest absolute Gasteiger partial charge is 0.490 e. The first-order valence-electron chi connectivity index (χ1n) is 9.39. The molecule has 0 atom stereocenters. The molecule has 4 rings (SSSR count). The molecule has 6 nitrogen and oxygen atoms in total. The van der Waals surface area contributed by atoms with Gasteiger partial charge < -0.3 is 14.8 Å². The maximum atomic E-state index is 12.4. The first-order chi connectivity index (χ1) is 13.8. The number of hydrogen-bond acceptors (Lipinski definition) is 5. The lowest BCUT2D eigenvalue weighted by Gasteiger charge is -2.13. The van der Waals surface area contributed by atoms with E-state index in [1.165, 1.54) is 12.8 Å². The second kappa shape index (κ2) is 8.52. The Morgan fingerprint density at radius 3 is 2.21 bits per heavy atom. The Hall–Kier alpha value is -3.41. The van der Waals surface area contributed by atoms with Crippen molar-refractivity contribution in [3.63, 3.8) is 0 Å². The van der Waals surface area contributed by atoms with Crippen molar-refractivity contribution in [2.75, 3.05) is 5.32 Å². The minimum Gasteiger partial charge on any atom is -0.490 e. The van der Waals surface area contributed by atoms with Gasteiger partial charge in [0.2, 0.25) is 0 Å². The minimum atomic E-state index is -0.174. The molecule has 1 aliphatic rings. The zero-order valence-electron chi connectivity index (χ0n) is 15.4. The molecule has 6 heteroatoms. The molecule has 0 radical (unpaired) electrons. The molecule has 1 N–H and O–H groups in total. The van der Waals surface area contributed by atoms with Gasteiger partial charge in [0.15, 0.2) is 0 Å². The van der Waals surface area contributed by atoms with E-state index in [0.717, 1.165) is 18.6 Å². The standard InChI is InChI=1S/C22H21N3O3/c26-21(16-6-10-19(11-7-16)27-18-4-1-2-5-18)25-17-8-12-20(13-9-17)28-22-23-14-3-15-24-22/h3,6-15,18H,1-2,4-5H2,(H,25,26). The van der Waals surface area contributed by atoms with Gasteiger partial charge in [0.05, 0.1) is 6.10 Å². The molecular weight excluding hydrogens is 354 g/mol. The van der Waals surface area contributed by atoms with Gasteiger partial charge >= 0.3 is 6.01 Å². The lowest BCUT2D eigenvalue weighted by atomic mass is 10.2. The van der Waals surface area contributed by atoms with Crippen LogP contribution in [0, 0.1) is 0 Å². The molecule has 0 unspecified atom stereocenters. The van der Waals surface area contributed by atoms with Crippen LogP contribution >= 0.6 is 0 Å². The molecular formula is C22H21N3O3. The number of carbonyl (C=O) groups excluding carboxylic acids is 1. The Balaban J connectivity index is 1.33. The lowest BCUT2D eigenvalue weighted by Crippen LogP contribution is -2.13. The van der Waals surface area contributed by atoms with Gasteiger partial charge in [-0.2, -0.15) is 0 Å². The van der Waals surface area contributed by atoms with Gasteiger partial charge in [-0.25, -0.2) is 9.97 Å². The molecule has 0 saturated heterocycles. The van der Waals surface area contributed by atoms with Gasteiger partial charge in [0.25, 0.3) is 5.91 Å². The number of anilines is 1. The highest BCUT2D eigenvalue weighted by Crippen LogP contribution is 2.25. The number of rotatable bonds is 6. The number of carbonyl (C=O) groups is 1. The van der Waals surface area contributed by atoms with Crippen LogP contribution in [-0.4, -0.2) is 22.0 Å². The van der Waals surface area contributed by atoms with E-state index in [4.69, 9.17) is 9.47 Å². The molecule has 1 saturated carbocycles. The summed E-state index contributed by atoms with van der Waals surface area (Å²) < 4.78 is 11.5. The predicted molar refractivity (Wildman–Crippen MR) is 106 cm³/mol. The average molecular weight is 375 g/mol. The summed E-state index contributed by atoms with van der Waals surface area (Å²) in [5.41, 5.74) is 1.26. The summed E-state index contributed by atoms with van der Waals surface area (Å²) in [4.78, 5) is 20.5. The molecule has 0 spiro atoms. The van der Waals surface area contributed by atoms with Gasteiger partial charge in [-0.1, -0.05) is 0 Å².